The molecule has 8 heteroatoms. The Morgan fingerprint density at radius 2 is 1.61 bits per heavy atom. The van der Waals surface area contributed by atoms with Gasteiger partial charge in [0.25, 0.3) is 5.91 Å². The number of carbonyl (C=O) groups is 2. The van der Waals surface area contributed by atoms with E-state index in [-0.39, 0.29) is 11.9 Å². The fourth-order valence-corrected chi connectivity index (χ4v) is 3.71. The quantitative estimate of drug-likeness (QED) is 0.737. The molecule has 0 N–H and O–H groups in total. The molecule has 2 aromatic rings. The number of ether oxygens (including phenoxy) is 1. The molecular formula is C20H25N5O3. The molecule has 3 heterocycles. The Balaban J connectivity index is 1.64. The SMILES string of the molecule is CCOC(=O)c1ccc(-n2nc(C(=O)N3CCCC3)c(N3CCCC3)n2)cc1. The van der Waals surface area contributed by atoms with Crippen LogP contribution < -0.4 is 4.90 Å². The first kappa shape index (κ1) is 18.5. The minimum Gasteiger partial charge on any atom is -0.462 e. The molecule has 0 radical (unpaired) electrons. The van der Waals surface area contributed by atoms with Gasteiger partial charge in [-0.1, -0.05) is 0 Å². The van der Waals surface area contributed by atoms with Crippen LogP contribution in [0.3, 0.4) is 0 Å². The number of nitrogens with zero attached hydrogens (tertiary/aromatic N) is 5. The summed E-state index contributed by atoms with van der Waals surface area (Å²) in [6.45, 7) is 5.45. The highest BCUT2D eigenvalue weighted by atomic mass is 16.5. The topological polar surface area (TPSA) is 80.6 Å². The van der Waals surface area contributed by atoms with Crippen LogP contribution in [0.2, 0.25) is 0 Å². The van der Waals surface area contributed by atoms with Gasteiger partial charge in [-0.15, -0.1) is 15.0 Å². The maximum absolute atomic E-state index is 13.0. The van der Waals surface area contributed by atoms with Crippen LogP contribution in [0, 0.1) is 0 Å². The lowest BCUT2D eigenvalue weighted by atomic mass is 10.2. The Kier molecular flexibility index (Phi) is 5.27. The van der Waals surface area contributed by atoms with E-state index in [4.69, 9.17) is 4.74 Å². The Hall–Kier alpha value is -2.90. The number of anilines is 1. The average Bonchev–Trinajstić information content (AvgIpc) is 3.49. The number of carbonyl (C=O) groups excluding carboxylic acids is 2. The summed E-state index contributed by atoms with van der Waals surface area (Å²) < 4.78 is 5.02. The first-order valence-electron chi connectivity index (χ1n) is 9.96. The second-order valence-electron chi connectivity index (χ2n) is 7.12. The predicted molar refractivity (Wildman–Crippen MR) is 104 cm³/mol. The number of aromatic nitrogens is 3. The summed E-state index contributed by atoms with van der Waals surface area (Å²) in [5, 5.41) is 9.17. The Morgan fingerprint density at radius 3 is 2.25 bits per heavy atom. The Bertz CT molecular complexity index is 849. The highest BCUT2D eigenvalue weighted by Gasteiger charge is 2.30. The van der Waals surface area contributed by atoms with Crippen LogP contribution >= 0.6 is 0 Å². The zero-order chi connectivity index (χ0) is 19.5. The van der Waals surface area contributed by atoms with Gasteiger partial charge < -0.3 is 14.5 Å². The first-order valence-corrected chi connectivity index (χ1v) is 9.96. The van der Waals surface area contributed by atoms with Crippen molar-refractivity contribution >= 4 is 17.7 Å². The van der Waals surface area contributed by atoms with Gasteiger partial charge >= 0.3 is 5.97 Å². The van der Waals surface area contributed by atoms with E-state index in [0.717, 1.165) is 51.9 Å². The minimum absolute atomic E-state index is 0.0474. The molecule has 28 heavy (non-hydrogen) atoms. The molecule has 0 saturated carbocycles. The molecule has 2 saturated heterocycles. The van der Waals surface area contributed by atoms with Crippen molar-refractivity contribution in [3.8, 4) is 5.69 Å². The third-order valence-corrected chi connectivity index (χ3v) is 5.21. The van der Waals surface area contributed by atoms with Gasteiger partial charge in [0.15, 0.2) is 11.5 Å². The van der Waals surface area contributed by atoms with Crippen LogP contribution in [0.25, 0.3) is 5.69 Å². The number of benzene rings is 1. The van der Waals surface area contributed by atoms with Gasteiger partial charge in [0.05, 0.1) is 17.9 Å². The number of hydrogen-bond acceptors (Lipinski definition) is 6. The van der Waals surface area contributed by atoms with Gasteiger partial charge in [-0.25, -0.2) is 4.79 Å². The van der Waals surface area contributed by atoms with E-state index in [9.17, 15) is 9.59 Å². The van der Waals surface area contributed by atoms with Crippen molar-refractivity contribution in [3.63, 3.8) is 0 Å². The molecule has 0 aliphatic carbocycles. The third kappa shape index (κ3) is 3.58. The number of likely N-dealkylation sites (tertiary alicyclic amines) is 1. The molecule has 0 unspecified atom stereocenters. The number of hydrogen-bond donors (Lipinski definition) is 0. The number of rotatable bonds is 5. The van der Waals surface area contributed by atoms with Gasteiger partial charge in [-0.3, -0.25) is 4.79 Å². The Morgan fingerprint density at radius 1 is 0.964 bits per heavy atom. The maximum atomic E-state index is 13.0. The Labute approximate surface area is 164 Å². The fourth-order valence-electron chi connectivity index (χ4n) is 3.71. The molecule has 4 rings (SSSR count). The highest BCUT2D eigenvalue weighted by molar-refractivity contribution is 5.97. The summed E-state index contributed by atoms with van der Waals surface area (Å²) in [7, 11) is 0. The lowest BCUT2D eigenvalue weighted by molar-refractivity contribution is 0.0526. The normalized spacial score (nSPS) is 16.6. The zero-order valence-corrected chi connectivity index (χ0v) is 16.1. The summed E-state index contributed by atoms with van der Waals surface area (Å²) in [5.74, 6) is 0.253. The van der Waals surface area contributed by atoms with E-state index in [0.29, 0.717) is 29.4 Å². The van der Waals surface area contributed by atoms with Gasteiger partial charge in [0.2, 0.25) is 0 Å². The van der Waals surface area contributed by atoms with E-state index in [1.54, 1.807) is 31.2 Å². The van der Waals surface area contributed by atoms with Gasteiger partial charge in [-0.05, 0) is 56.9 Å². The van der Waals surface area contributed by atoms with Gasteiger partial charge in [0, 0.05) is 26.2 Å². The largest absolute Gasteiger partial charge is 0.462 e. The van der Waals surface area contributed by atoms with Crippen LogP contribution in [0.1, 0.15) is 53.5 Å². The second kappa shape index (κ2) is 8.00. The molecule has 8 nitrogen and oxygen atoms in total. The van der Waals surface area contributed by atoms with Crippen molar-refractivity contribution < 1.29 is 14.3 Å². The third-order valence-electron chi connectivity index (χ3n) is 5.21. The maximum Gasteiger partial charge on any atom is 0.338 e. The van der Waals surface area contributed by atoms with E-state index < -0.39 is 0 Å². The van der Waals surface area contributed by atoms with Crippen LogP contribution in [0.15, 0.2) is 24.3 Å². The van der Waals surface area contributed by atoms with Crippen molar-refractivity contribution in [1.82, 2.24) is 19.9 Å². The molecule has 0 bridgehead atoms. The van der Waals surface area contributed by atoms with E-state index in [1.165, 1.54) is 4.80 Å². The lowest BCUT2D eigenvalue weighted by Crippen LogP contribution is -2.30. The predicted octanol–water partition coefficient (Wildman–Crippen LogP) is 2.28. The van der Waals surface area contributed by atoms with Crippen LogP contribution in [0.4, 0.5) is 5.82 Å². The summed E-state index contributed by atoms with van der Waals surface area (Å²) >= 11 is 0. The summed E-state index contributed by atoms with van der Waals surface area (Å²) in [4.78, 5) is 30.3. The van der Waals surface area contributed by atoms with E-state index in [2.05, 4.69) is 15.1 Å². The van der Waals surface area contributed by atoms with Crippen LogP contribution in [-0.2, 0) is 4.74 Å². The fraction of sp³-hybridized carbons (Fsp3) is 0.500. The summed E-state index contributed by atoms with van der Waals surface area (Å²) in [5.41, 5.74) is 1.60. The molecule has 2 aliphatic rings. The molecule has 1 aromatic heterocycles. The highest BCUT2D eigenvalue weighted by Crippen LogP contribution is 2.25. The summed E-state index contributed by atoms with van der Waals surface area (Å²) in [6, 6.07) is 6.91. The molecule has 1 amide bonds. The van der Waals surface area contributed by atoms with Crippen molar-refractivity contribution in [2.45, 2.75) is 32.6 Å². The van der Waals surface area contributed by atoms with Gasteiger partial charge in [-0.2, -0.15) is 0 Å². The second-order valence-corrected chi connectivity index (χ2v) is 7.12. The van der Waals surface area contributed by atoms with Crippen molar-refractivity contribution in [2.24, 2.45) is 0 Å². The smallest absolute Gasteiger partial charge is 0.338 e. The van der Waals surface area contributed by atoms with Crippen molar-refractivity contribution in [1.29, 1.82) is 0 Å². The standard InChI is InChI=1S/C20H25N5O3/c1-2-28-20(27)15-7-9-16(10-8-15)25-21-17(19(26)24-13-5-6-14-24)18(22-25)23-11-3-4-12-23/h7-10H,2-6,11-14H2,1H3. The molecule has 148 valence electrons. The molecule has 0 spiro atoms. The van der Waals surface area contributed by atoms with Crippen molar-refractivity contribution in [2.75, 3.05) is 37.7 Å². The van der Waals surface area contributed by atoms with Crippen LogP contribution in [-0.4, -0.2) is 64.6 Å². The average molecular weight is 383 g/mol. The van der Waals surface area contributed by atoms with Gasteiger partial charge in [0.1, 0.15) is 0 Å². The van der Waals surface area contributed by atoms with Crippen LogP contribution in [0.5, 0.6) is 0 Å². The van der Waals surface area contributed by atoms with E-state index in [1.807, 2.05) is 4.90 Å². The monoisotopic (exact) mass is 383 g/mol. The van der Waals surface area contributed by atoms with Crippen molar-refractivity contribution in [3.05, 3.63) is 35.5 Å². The molecule has 0 atom stereocenters. The zero-order valence-electron chi connectivity index (χ0n) is 16.1. The number of amides is 1. The number of esters is 1. The molecular weight excluding hydrogens is 358 g/mol. The minimum atomic E-state index is -0.356. The lowest BCUT2D eigenvalue weighted by Gasteiger charge is -2.18. The van der Waals surface area contributed by atoms with E-state index >= 15 is 0 Å². The molecule has 1 aromatic carbocycles. The molecule has 2 aliphatic heterocycles. The molecule has 2 fully saturated rings. The summed E-state index contributed by atoms with van der Waals surface area (Å²) in [6.07, 6.45) is 4.26. The first-order chi connectivity index (χ1) is 13.7.